The quantitative estimate of drug-likeness (QED) is 0.876. The van der Waals surface area contributed by atoms with E-state index < -0.39 is 0 Å². The Morgan fingerprint density at radius 3 is 2.63 bits per heavy atom. The van der Waals surface area contributed by atoms with E-state index in [0.717, 1.165) is 12.3 Å². The summed E-state index contributed by atoms with van der Waals surface area (Å²) in [6, 6.07) is 9.39. The van der Waals surface area contributed by atoms with Crippen LogP contribution in [0.1, 0.15) is 30.9 Å². The van der Waals surface area contributed by atoms with Gasteiger partial charge < -0.3 is 10.2 Å². The molecule has 1 aromatic carbocycles. The monoisotopic (exact) mass is 260 g/mol. The van der Waals surface area contributed by atoms with Crippen LogP contribution in [0.25, 0.3) is 0 Å². The average Bonchev–Trinajstić information content (AvgIpc) is 2.42. The van der Waals surface area contributed by atoms with Crippen molar-refractivity contribution in [1.82, 2.24) is 10.2 Å². The summed E-state index contributed by atoms with van der Waals surface area (Å²) in [4.78, 5) is 2.54. The van der Waals surface area contributed by atoms with Crippen LogP contribution in [0.5, 0.6) is 0 Å². The highest BCUT2D eigenvalue weighted by Gasteiger charge is 2.18. The Morgan fingerprint density at radius 2 is 1.95 bits per heavy atom. The molecular weight excluding hydrogens is 232 g/mol. The lowest BCUT2D eigenvalue weighted by Gasteiger charge is -2.31. The maximum atomic E-state index is 3.45. The van der Waals surface area contributed by atoms with Crippen LogP contribution >= 0.6 is 0 Å². The molecule has 1 heterocycles. The fourth-order valence-corrected chi connectivity index (χ4v) is 2.96. The van der Waals surface area contributed by atoms with Crippen molar-refractivity contribution in [2.75, 3.05) is 26.7 Å². The highest BCUT2D eigenvalue weighted by molar-refractivity contribution is 5.26. The number of rotatable bonds is 5. The van der Waals surface area contributed by atoms with Gasteiger partial charge in [0.05, 0.1) is 0 Å². The topological polar surface area (TPSA) is 15.3 Å². The van der Waals surface area contributed by atoms with Crippen LogP contribution in [-0.4, -0.2) is 37.6 Å². The Hall–Kier alpha value is -0.860. The summed E-state index contributed by atoms with van der Waals surface area (Å²) in [7, 11) is 2.28. The van der Waals surface area contributed by atoms with Gasteiger partial charge in [-0.3, -0.25) is 0 Å². The van der Waals surface area contributed by atoms with Gasteiger partial charge in [-0.2, -0.15) is 0 Å². The number of nitrogens with one attached hydrogen (secondary N) is 1. The molecule has 1 N–H and O–H groups in total. The second kappa shape index (κ2) is 7.06. The fourth-order valence-electron chi connectivity index (χ4n) is 2.96. The molecule has 1 aromatic rings. The number of aryl methyl sites for hydroxylation is 1. The lowest BCUT2D eigenvalue weighted by Crippen LogP contribution is -2.39. The smallest absolute Gasteiger partial charge is 0.0104 e. The molecule has 0 saturated carbocycles. The Balaban J connectivity index is 1.85. The molecule has 0 bridgehead atoms. The number of hydrogen-bond acceptors (Lipinski definition) is 2. The van der Waals surface area contributed by atoms with Crippen LogP contribution in [-0.2, 0) is 6.42 Å². The first kappa shape index (κ1) is 14.5. The van der Waals surface area contributed by atoms with Gasteiger partial charge in [0, 0.05) is 12.6 Å². The molecule has 1 aliphatic heterocycles. The standard InChI is InChI=1S/C17H28N2/c1-14-6-4-5-7-17(14)12-15(2)19(3)13-16-8-10-18-11-9-16/h4-7,15-16,18H,8-13H2,1-3H3. The van der Waals surface area contributed by atoms with E-state index in [4.69, 9.17) is 0 Å². The third-order valence-electron chi connectivity index (χ3n) is 4.53. The van der Waals surface area contributed by atoms with E-state index in [2.05, 4.69) is 55.4 Å². The number of benzene rings is 1. The van der Waals surface area contributed by atoms with Crippen LogP contribution in [0.3, 0.4) is 0 Å². The van der Waals surface area contributed by atoms with Crippen LogP contribution in [0.4, 0.5) is 0 Å². The van der Waals surface area contributed by atoms with Crippen LogP contribution < -0.4 is 5.32 Å². The zero-order valence-corrected chi connectivity index (χ0v) is 12.7. The van der Waals surface area contributed by atoms with Crippen LogP contribution in [0.15, 0.2) is 24.3 Å². The van der Waals surface area contributed by atoms with Crippen molar-refractivity contribution in [2.24, 2.45) is 5.92 Å². The molecule has 2 nitrogen and oxygen atoms in total. The minimum Gasteiger partial charge on any atom is -0.317 e. The van der Waals surface area contributed by atoms with Crippen molar-refractivity contribution in [3.05, 3.63) is 35.4 Å². The molecule has 0 aliphatic carbocycles. The highest BCUT2D eigenvalue weighted by Crippen LogP contribution is 2.17. The summed E-state index contributed by atoms with van der Waals surface area (Å²) >= 11 is 0. The molecule has 0 aromatic heterocycles. The summed E-state index contributed by atoms with van der Waals surface area (Å²) in [6.45, 7) is 8.21. The van der Waals surface area contributed by atoms with Crippen molar-refractivity contribution < 1.29 is 0 Å². The summed E-state index contributed by atoms with van der Waals surface area (Å²) < 4.78 is 0. The Bertz CT molecular complexity index is 383. The Labute approximate surface area is 118 Å². The first-order valence-corrected chi connectivity index (χ1v) is 7.62. The molecule has 106 valence electrons. The van der Waals surface area contributed by atoms with Gasteiger partial charge in [-0.05, 0) is 70.3 Å². The third-order valence-corrected chi connectivity index (χ3v) is 4.53. The molecule has 1 atom stereocenters. The van der Waals surface area contributed by atoms with Gasteiger partial charge in [0.15, 0.2) is 0 Å². The fraction of sp³-hybridized carbons (Fsp3) is 0.647. The zero-order valence-electron chi connectivity index (χ0n) is 12.7. The molecule has 1 fully saturated rings. The number of likely N-dealkylation sites (N-methyl/N-ethyl adjacent to an activating group) is 1. The van der Waals surface area contributed by atoms with Crippen molar-refractivity contribution >= 4 is 0 Å². The molecule has 19 heavy (non-hydrogen) atoms. The molecule has 1 aliphatic rings. The van der Waals surface area contributed by atoms with E-state index in [-0.39, 0.29) is 0 Å². The SMILES string of the molecule is Cc1ccccc1CC(C)N(C)CC1CCNCC1. The van der Waals surface area contributed by atoms with E-state index in [1.165, 1.54) is 43.6 Å². The molecule has 2 rings (SSSR count). The normalized spacial score (nSPS) is 18.7. The van der Waals surface area contributed by atoms with E-state index in [9.17, 15) is 0 Å². The van der Waals surface area contributed by atoms with Gasteiger partial charge >= 0.3 is 0 Å². The largest absolute Gasteiger partial charge is 0.317 e. The van der Waals surface area contributed by atoms with Crippen molar-refractivity contribution in [3.8, 4) is 0 Å². The summed E-state index contributed by atoms with van der Waals surface area (Å²) in [5.41, 5.74) is 2.91. The number of hydrogen-bond donors (Lipinski definition) is 1. The lowest BCUT2D eigenvalue weighted by atomic mass is 9.96. The van der Waals surface area contributed by atoms with Gasteiger partial charge in [0.25, 0.3) is 0 Å². The molecule has 0 amide bonds. The third kappa shape index (κ3) is 4.32. The van der Waals surface area contributed by atoms with Gasteiger partial charge in [-0.25, -0.2) is 0 Å². The summed E-state index contributed by atoms with van der Waals surface area (Å²) in [5.74, 6) is 0.880. The van der Waals surface area contributed by atoms with Gasteiger partial charge in [0.2, 0.25) is 0 Å². The maximum absolute atomic E-state index is 3.45. The van der Waals surface area contributed by atoms with Gasteiger partial charge in [-0.1, -0.05) is 24.3 Å². The molecule has 1 saturated heterocycles. The van der Waals surface area contributed by atoms with Crippen LogP contribution in [0, 0.1) is 12.8 Å². The van der Waals surface area contributed by atoms with Gasteiger partial charge in [0.1, 0.15) is 0 Å². The summed E-state index contributed by atoms with van der Waals surface area (Å²) in [5, 5.41) is 3.45. The molecule has 1 unspecified atom stereocenters. The first-order chi connectivity index (χ1) is 9.16. The second-order valence-electron chi connectivity index (χ2n) is 6.11. The van der Waals surface area contributed by atoms with E-state index in [1.54, 1.807) is 0 Å². The summed E-state index contributed by atoms with van der Waals surface area (Å²) in [6.07, 6.45) is 3.83. The number of piperidine rings is 1. The van der Waals surface area contributed by atoms with Gasteiger partial charge in [-0.15, -0.1) is 0 Å². The minimum absolute atomic E-state index is 0.621. The molecule has 0 spiro atoms. The predicted octanol–water partition coefficient (Wildman–Crippen LogP) is 2.86. The first-order valence-electron chi connectivity index (χ1n) is 7.62. The van der Waals surface area contributed by atoms with Crippen molar-refractivity contribution in [3.63, 3.8) is 0 Å². The second-order valence-corrected chi connectivity index (χ2v) is 6.11. The Morgan fingerprint density at radius 1 is 1.26 bits per heavy atom. The van der Waals surface area contributed by atoms with E-state index in [0.29, 0.717) is 6.04 Å². The molecular formula is C17H28N2. The maximum Gasteiger partial charge on any atom is 0.0104 e. The van der Waals surface area contributed by atoms with E-state index >= 15 is 0 Å². The van der Waals surface area contributed by atoms with Crippen molar-refractivity contribution in [1.29, 1.82) is 0 Å². The lowest BCUT2D eigenvalue weighted by molar-refractivity contribution is 0.194. The average molecular weight is 260 g/mol. The Kier molecular flexibility index (Phi) is 5.41. The molecule has 2 heteroatoms. The number of nitrogens with zero attached hydrogens (tertiary/aromatic N) is 1. The highest BCUT2D eigenvalue weighted by atomic mass is 15.1. The predicted molar refractivity (Wildman–Crippen MR) is 82.6 cm³/mol. The van der Waals surface area contributed by atoms with Crippen molar-refractivity contribution in [2.45, 2.75) is 39.2 Å². The zero-order chi connectivity index (χ0) is 13.7. The van der Waals surface area contributed by atoms with Crippen LogP contribution in [0.2, 0.25) is 0 Å². The molecule has 0 radical (unpaired) electrons. The van der Waals surface area contributed by atoms with E-state index in [1.807, 2.05) is 0 Å². The minimum atomic E-state index is 0.621.